The lowest BCUT2D eigenvalue weighted by Crippen LogP contribution is -2.52. The third-order valence-electron chi connectivity index (χ3n) is 3.65. The van der Waals surface area contributed by atoms with Crippen molar-refractivity contribution >= 4 is 21.8 Å². The van der Waals surface area contributed by atoms with Gasteiger partial charge in [-0.05, 0) is 48.1 Å². The fourth-order valence-electron chi connectivity index (χ4n) is 2.20. The minimum Gasteiger partial charge on any atom is -0.497 e. The second kappa shape index (κ2) is 5.92. The van der Waals surface area contributed by atoms with Gasteiger partial charge in [0.2, 0.25) is 0 Å². The summed E-state index contributed by atoms with van der Waals surface area (Å²) in [4.78, 5) is 16.7. The third-order valence-corrected chi connectivity index (χ3v) is 4.34. The van der Waals surface area contributed by atoms with E-state index in [2.05, 4.69) is 34.8 Å². The van der Waals surface area contributed by atoms with E-state index in [1.165, 1.54) is 0 Å². The second-order valence-electron chi connectivity index (χ2n) is 4.93. The van der Waals surface area contributed by atoms with Gasteiger partial charge in [-0.1, -0.05) is 0 Å². The molecule has 0 N–H and O–H groups in total. The zero-order chi connectivity index (χ0) is 14.0. The topological polar surface area (TPSA) is 32.8 Å². The van der Waals surface area contributed by atoms with Crippen molar-refractivity contribution in [1.82, 2.24) is 9.80 Å². The number of halogens is 1. The maximum Gasteiger partial charge on any atom is 0.255 e. The number of nitrogens with zero attached hydrogens (tertiary/aromatic N) is 2. The molecule has 1 aliphatic rings. The molecule has 0 aliphatic carbocycles. The zero-order valence-electron chi connectivity index (χ0n) is 11.5. The number of methoxy groups -OCH3 is 1. The quantitative estimate of drug-likeness (QED) is 0.835. The molecule has 1 aromatic carbocycles. The lowest BCUT2D eigenvalue weighted by Gasteiger charge is -2.37. The SMILES string of the molecule is COc1ccc(Br)c(C(=O)N2CCN(C)C(C)C2)c1. The van der Waals surface area contributed by atoms with Gasteiger partial charge in [0.25, 0.3) is 5.91 Å². The normalized spacial score (nSPS) is 20.4. The van der Waals surface area contributed by atoms with Crippen molar-refractivity contribution < 1.29 is 9.53 Å². The molecule has 1 aromatic rings. The van der Waals surface area contributed by atoms with Gasteiger partial charge in [0, 0.05) is 30.1 Å². The Kier molecular flexibility index (Phi) is 4.47. The highest BCUT2D eigenvalue weighted by molar-refractivity contribution is 9.10. The second-order valence-corrected chi connectivity index (χ2v) is 5.78. The molecule has 0 saturated carbocycles. The molecule has 1 atom stereocenters. The molecule has 1 fully saturated rings. The Morgan fingerprint density at radius 3 is 2.79 bits per heavy atom. The highest BCUT2D eigenvalue weighted by atomic mass is 79.9. The van der Waals surface area contributed by atoms with Crippen LogP contribution in [-0.2, 0) is 0 Å². The maximum atomic E-state index is 12.6. The number of ether oxygens (including phenoxy) is 1. The third kappa shape index (κ3) is 3.09. The van der Waals surface area contributed by atoms with Gasteiger partial charge < -0.3 is 14.5 Å². The first-order chi connectivity index (χ1) is 9.02. The molecule has 0 spiro atoms. The van der Waals surface area contributed by atoms with Crippen LogP contribution in [0.5, 0.6) is 5.75 Å². The molecule has 0 bridgehead atoms. The number of piperazine rings is 1. The summed E-state index contributed by atoms with van der Waals surface area (Å²) in [5, 5.41) is 0. The van der Waals surface area contributed by atoms with Crippen LogP contribution in [0.4, 0.5) is 0 Å². The van der Waals surface area contributed by atoms with Crippen LogP contribution in [0.25, 0.3) is 0 Å². The summed E-state index contributed by atoms with van der Waals surface area (Å²) in [6.45, 7) is 4.58. The van der Waals surface area contributed by atoms with Gasteiger partial charge >= 0.3 is 0 Å². The number of hydrogen-bond donors (Lipinski definition) is 0. The molecular weight excluding hydrogens is 308 g/mol. The molecule has 1 saturated heterocycles. The van der Waals surface area contributed by atoms with Crippen molar-refractivity contribution in [3.8, 4) is 5.75 Å². The van der Waals surface area contributed by atoms with E-state index in [9.17, 15) is 4.79 Å². The van der Waals surface area contributed by atoms with Crippen molar-refractivity contribution in [2.24, 2.45) is 0 Å². The number of carbonyl (C=O) groups excluding carboxylic acids is 1. The van der Waals surface area contributed by atoms with Gasteiger partial charge in [0.05, 0.1) is 12.7 Å². The maximum absolute atomic E-state index is 12.6. The summed E-state index contributed by atoms with van der Waals surface area (Å²) in [5.74, 6) is 0.763. The van der Waals surface area contributed by atoms with E-state index in [0.29, 0.717) is 17.4 Å². The summed E-state index contributed by atoms with van der Waals surface area (Å²) in [7, 11) is 3.70. The van der Waals surface area contributed by atoms with Gasteiger partial charge in [-0.3, -0.25) is 4.79 Å². The van der Waals surface area contributed by atoms with E-state index < -0.39 is 0 Å². The van der Waals surface area contributed by atoms with Crippen molar-refractivity contribution in [1.29, 1.82) is 0 Å². The summed E-state index contributed by atoms with van der Waals surface area (Å²) in [6, 6.07) is 5.87. The number of carbonyl (C=O) groups is 1. The molecule has 104 valence electrons. The predicted octanol–water partition coefficient (Wildman–Crippen LogP) is 2.23. The molecule has 0 aromatic heterocycles. The van der Waals surface area contributed by atoms with Crippen LogP contribution in [0.3, 0.4) is 0 Å². The largest absolute Gasteiger partial charge is 0.497 e. The summed E-state index contributed by atoms with van der Waals surface area (Å²) >= 11 is 3.44. The number of amides is 1. The zero-order valence-corrected chi connectivity index (χ0v) is 13.1. The van der Waals surface area contributed by atoms with Crippen LogP contribution in [0.1, 0.15) is 17.3 Å². The van der Waals surface area contributed by atoms with E-state index in [1.807, 2.05) is 17.0 Å². The average molecular weight is 327 g/mol. The molecule has 1 unspecified atom stereocenters. The lowest BCUT2D eigenvalue weighted by molar-refractivity contribution is 0.0571. The Morgan fingerprint density at radius 2 is 2.16 bits per heavy atom. The van der Waals surface area contributed by atoms with Gasteiger partial charge in [-0.15, -0.1) is 0 Å². The van der Waals surface area contributed by atoms with Gasteiger partial charge in [-0.2, -0.15) is 0 Å². The minimum absolute atomic E-state index is 0.0609. The highest BCUT2D eigenvalue weighted by Crippen LogP contribution is 2.24. The Hall–Kier alpha value is -1.07. The number of likely N-dealkylation sites (N-methyl/N-ethyl adjacent to an activating group) is 1. The first kappa shape index (κ1) is 14.3. The number of benzene rings is 1. The van der Waals surface area contributed by atoms with E-state index in [-0.39, 0.29) is 5.91 Å². The van der Waals surface area contributed by atoms with Crippen molar-refractivity contribution in [2.45, 2.75) is 13.0 Å². The van der Waals surface area contributed by atoms with E-state index >= 15 is 0 Å². The van der Waals surface area contributed by atoms with Gasteiger partial charge in [0.1, 0.15) is 5.75 Å². The van der Waals surface area contributed by atoms with Crippen molar-refractivity contribution in [2.75, 3.05) is 33.8 Å². The van der Waals surface area contributed by atoms with E-state index in [1.54, 1.807) is 13.2 Å². The Balaban J connectivity index is 2.20. The van der Waals surface area contributed by atoms with Crippen LogP contribution < -0.4 is 4.74 Å². The average Bonchev–Trinajstić information content (AvgIpc) is 2.41. The monoisotopic (exact) mass is 326 g/mol. The smallest absolute Gasteiger partial charge is 0.255 e. The van der Waals surface area contributed by atoms with Crippen molar-refractivity contribution in [3.63, 3.8) is 0 Å². The van der Waals surface area contributed by atoms with Crippen LogP contribution in [0.15, 0.2) is 22.7 Å². The summed E-state index contributed by atoms with van der Waals surface area (Å²) in [5.41, 5.74) is 0.663. The molecule has 1 aliphatic heterocycles. The number of hydrogen-bond acceptors (Lipinski definition) is 3. The Labute approximate surface area is 122 Å². The number of rotatable bonds is 2. The van der Waals surface area contributed by atoms with E-state index in [0.717, 1.165) is 24.1 Å². The molecule has 1 amide bonds. The molecule has 1 heterocycles. The van der Waals surface area contributed by atoms with Crippen LogP contribution >= 0.6 is 15.9 Å². The predicted molar refractivity (Wildman–Crippen MR) is 78.7 cm³/mol. The fraction of sp³-hybridized carbons (Fsp3) is 0.500. The van der Waals surface area contributed by atoms with Crippen LogP contribution in [0.2, 0.25) is 0 Å². The Bertz CT molecular complexity index is 479. The molecule has 19 heavy (non-hydrogen) atoms. The standard InChI is InChI=1S/C14H19BrN2O2/c1-10-9-17(7-6-16(10)2)14(18)12-8-11(19-3)4-5-13(12)15/h4-5,8,10H,6-7,9H2,1-3H3. The Morgan fingerprint density at radius 1 is 1.42 bits per heavy atom. The minimum atomic E-state index is 0.0609. The summed E-state index contributed by atoms with van der Waals surface area (Å²) < 4.78 is 6.00. The fourth-order valence-corrected chi connectivity index (χ4v) is 2.61. The molecule has 4 nitrogen and oxygen atoms in total. The lowest BCUT2D eigenvalue weighted by atomic mass is 10.1. The van der Waals surface area contributed by atoms with Crippen LogP contribution in [-0.4, -0.2) is 55.5 Å². The summed E-state index contributed by atoms with van der Waals surface area (Å²) in [6.07, 6.45) is 0. The highest BCUT2D eigenvalue weighted by Gasteiger charge is 2.26. The van der Waals surface area contributed by atoms with Crippen molar-refractivity contribution in [3.05, 3.63) is 28.2 Å². The first-order valence-corrected chi connectivity index (χ1v) is 7.15. The molecule has 5 heteroatoms. The molecule has 0 radical (unpaired) electrons. The van der Waals surface area contributed by atoms with Gasteiger partial charge in [0.15, 0.2) is 0 Å². The van der Waals surface area contributed by atoms with E-state index in [4.69, 9.17) is 4.74 Å². The molecule has 2 rings (SSSR count). The first-order valence-electron chi connectivity index (χ1n) is 6.36. The molecular formula is C14H19BrN2O2. The van der Waals surface area contributed by atoms with Crippen LogP contribution in [0, 0.1) is 0 Å². The van der Waals surface area contributed by atoms with Gasteiger partial charge in [-0.25, -0.2) is 0 Å².